The van der Waals surface area contributed by atoms with E-state index in [1.807, 2.05) is 0 Å². The minimum atomic E-state index is 0.585. The molecule has 1 atom stereocenters. The van der Waals surface area contributed by atoms with E-state index in [0.29, 0.717) is 6.04 Å². The number of hydrogen-bond donors (Lipinski definition) is 2. The van der Waals surface area contributed by atoms with E-state index >= 15 is 0 Å². The molecule has 0 saturated heterocycles. The van der Waals surface area contributed by atoms with Gasteiger partial charge in [0.05, 0.1) is 0 Å². The molecule has 1 aliphatic heterocycles. The molecule has 0 amide bonds. The Hall–Kier alpha value is -1.02. The van der Waals surface area contributed by atoms with Gasteiger partial charge in [-0.15, -0.1) is 0 Å². The van der Waals surface area contributed by atoms with Gasteiger partial charge < -0.3 is 10.6 Å². The first-order valence-corrected chi connectivity index (χ1v) is 5.81. The highest BCUT2D eigenvalue weighted by Crippen LogP contribution is 2.23. The molecule has 2 rings (SSSR count). The molecular weight excluding hydrogens is 184 g/mol. The van der Waals surface area contributed by atoms with Crippen molar-refractivity contribution in [3.8, 4) is 0 Å². The van der Waals surface area contributed by atoms with E-state index in [1.54, 1.807) is 0 Å². The summed E-state index contributed by atoms with van der Waals surface area (Å²) in [6, 6.07) is 9.20. The third-order valence-electron chi connectivity index (χ3n) is 2.92. The second-order valence-corrected chi connectivity index (χ2v) is 4.67. The highest BCUT2D eigenvalue weighted by atomic mass is 14.9. The molecule has 0 fully saturated rings. The summed E-state index contributed by atoms with van der Waals surface area (Å²) in [5.41, 5.74) is 2.78. The maximum atomic E-state index is 3.51. The maximum Gasteiger partial charge on any atom is 0.0372 e. The molecular formula is C13H20N2. The van der Waals surface area contributed by atoms with Crippen LogP contribution in [0.4, 0.5) is 5.69 Å². The van der Waals surface area contributed by atoms with E-state index in [9.17, 15) is 0 Å². The molecule has 15 heavy (non-hydrogen) atoms. The van der Waals surface area contributed by atoms with Gasteiger partial charge in [0, 0.05) is 24.8 Å². The third-order valence-corrected chi connectivity index (χ3v) is 2.92. The molecule has 1 aromatic rings. The number of nitrogens with one attached hydrogen (secondary N) is 2. The fraction of sp³-hybridized carbons (Fsp3) is 0.538. The van der Waals surface area contributed by atoms with Crippen LogP contribution in [0, 0.1) is 5.92 Å². The van der Waals surface area contributed by atoms with Gasteiger partial charge in [-0.25, -0.2) is 0 Å². The lowest BCUT2D eigenvalue weighted by molar-refractivity contribution is 0.455. The lowest BCUT2D eigenvalue weighted by Crippen LogP contribution is -2.35. The standard InChI is InChI=1S/C13H20N2/c1-10(2)14-8-11-7-12-5-3-4-6-13(12)15-9-11/h3-6,10-11,14-15H,7-9H2,1-2H3. The van der Waals surface area contributed by atoms with Crippen molar-refractivity contribution in [2.24, 2.45) is 5.92 Å². The van der Waals surface area contributed by atoms with Crippen LogP contribution < -0.4 is 10.6 Å². The number of para-hydroxylation sites is 1. The molecule has 1 aromatic carbocycles. The Morgan fingerprint density at radius 2 is 2.20 bits per heavy atom. The first kappa shape index (κ1) is 10.5. The highest BCUT2D eigenvalue weighted by molar-refractivity contribution is 5.53. The largest absolute Gasteiger partial charge is 0.384 e. The Bertz CT molecular complexity index is 320. The van der Waals surface area contributed by atoms with Crippen molar-refractivity contribution >= 4 is 5.69 Å². The van der Waals surface area contributed by atoms with Crippen molar-refractivity contribution in [1.29, 1.82) is 0 Å². The molecule has 0 spiro atoms. The van der Waals surface area contributed by atoms with Crippen LogP contribution in [-0.2, 0) is 6.42 Å². The van der Waals surface area contributed by atoms with E-state index in [0.717, 1.165) is 19.0 Å². The molecule has 1 aliphatic rings. The zero-order valence-electron chi connectivity index (χ0n) is 9.59. The van der Waals surface area contributed by atoms with Crippen LogP contribution in [-0.4, -0.2) is 19.1 Å². The second-order valence-electron chi connectivity index (χ2n) is 4.67. The Morgan fingerprint density at radius 3 is 3.00 bits per heavy atom. The number of anilines is 1. The predicted octanol–water partition coefficient (Wildman–Crippen LogP) is 2.27. The summed E-state index contributed by atoms with van der Waals surface area (Å²) < 4.78 is 0. The van der Waals surface area contributed by atoms with Gasteiger partial charge in [0.1, 0.15) is 0 Å². The van der Waals surface area contributed by atoms with Crippen molar-refractivity contribution in [3.63, 3.8) is 0 Å². The maximum absolute atomic E-state index is 3.51. The summed E-state index contributed by atoms with van der Waals surface area (Å²) in [4.78, 5) is 0. The fourth-order valence-corrected chi connectivity index (χ4v) is 2.05. The van der Waals surface area contributed by atoms with Crippen LogP contribution >= 0.6 is 0 Å². The Morgan fingerprint density at radius 1 is 1.40 bits per heavy atom. The Labute approximate surface area is 92.1 Å². The van der Waals surface area contributed by atoms with Crippen LogP contribution in [0.3, 0.4) is 0 Å². The molecule has 0 aliphatic carbocycles. The normalized spacial score (nSPS) is 19.8. The Balaban J connectivity index is 1.94. The van der Waals surface area contributed by atoms with Gasteiger partial charge in [0.15, 0.2) is 0 Å². The molecule has 0 radical (unpaired) electrons. The van der Waals surface area contributed by atoms with E-state index < -0.39 is 0 Å². The van der Waals surface area contributed by atoms with Crippen LogP contribution in [0.15, 0.2) is 24.3 Å². The summed E-state index contributed by atoms with van der Waals surface area (Å²) >= 11 is 0. The predicted molar refractivity (Wildman–Crippen MR) is 65.3 cm³/mol. The zero-order chi connectivity index (χ0) is 10.7. The average Bonchev–Trinajstić information content (AvgIpc) is 2.26. The molecule has 2 N–H and O–H groups in total. The van der Waals surface area contributed by atoms with Crippen molar-refractivity contribution < 1.29 is 0 Å². The van der Waals surface area contributed by atoms with Crippen molar-refractivity contribution in [1.82, 2.24) is 5.32 Å². The van der Waals surface area contributed by atoms with E-state index in [1.165, 1.54) is 17.7 Å². The molecule has 0 aromatic heterocycles. The number of benzene rings is 1. The van der Waals surface area contributed by atoms with Crippen LogP contribution in [0.2, 0.25) is 0 Å². The summed E-state index contributed by atoms with van der Waals surface area (Å²) in [5.74, 6) is 0.724. The van der Waals surface area contributed by atoms with Crippen molar-refractivity contribution in [2.45, 2.75) is 26.3 Å². The van der Waals surface area contributed by atoms with E-state index in [-0.39, 0.29) is 0 Å². The lowest BCUT2D eigenvalue weighted by atomic mass is 9.94. The Kier molecular flexibility index (Phi) is 3.27. The van der Waals surface area contributed by atoms with Crippen LogP contribution in [0.1, 0.15) is 19.4 Å². The van der Waals surface area contributed by atoms with Crippen LogP contribution in [0.25, 0.3) is 0 Å². The molecule has 82 valence electrons. The monoisotopic (exact) mass is 204 g/mol. The molecule has 2 heteroatoms. The molecule has 0 bridgehead atoms. The van der Waals surface area contributed by atoms with Gasteiger partial charge in [-0.05, 0) is 24.0 Å². The SMILES string of the molecule is CC(C)NCC1CNc2ccccc2C1. The first-order chi connectivity index (χ1) is 7.25. The summed E-state index contributed by atoms with van der Waals surface area (Å²) in [6.45, 7) is 6.60. The van der Waals surface area contributed by atoms with Crippen molar-refractivity contribution in [3.05, 3.63) is 29.8 Å². The molecule has 0 saturated carbocycles. The van der Waals surface area contributed by atoms with Gasteiger partial charge in [-0.3, -0.25) is 0 Å². The zero-order valence-corrected chi connectivity index (χ0v) is 9.59. The quantitative estimate of drug-likeness (QED) is 0.789. The summed E-state index contributed by atoms with van der Waals surface area (Å²) in [5, 5.41) is 7.00. The van der Waals surface area contributed by atoms with Crippen molar-refractivity contribution in [2.75, 3.05) is 18.4 Å². The molecule has 2 nitrogen and oxygen atoms in total. The van der Waals surface area contributed by atoms with Crippen LogP contribution in [0.5, 0.6) is 0 Å². The highest BCUT2D eigenvalue weighted by Gasteiger charge is 2.17. The van der Waals surface area contributed by atoms with E-state index in [4.69, 9.17) is 0 Å². The minimum absolute atomic E-state index is 0.585. The van der Waals surface area contributed by atoms with Gasteiger partial charge >= 0.3 is 0 Å². The smallest absolute Gasteiger partial charge is 0.0372 e. The number of rotatable bonds is 3. The number of fused-ring (bicyclic) bond motifs is 1. The van der Waals surface area contributed by atoms with Gasteiger partial charge in [0.25, 0.3) is 0 Å². The topological polar surface area (TPSA) is 24.1 Å². The second kappa shape index (κ2) is 4.67. The molecule has 1 unspecified atom stereocenters. The summed E-state index contributed by atoms with van der Waals surface area (Å²) in [6.07, 6.45) is 1.20. The lowest BCUT2D eigenvalue weighted by Gasteiger charge is -2.27. The first-order valence-electron chi connectivity index (χ1n) is 5.81. The third kappa shape index (κ3) is 2.72. The average molecular weight is 204 g/mol. The minimum Gasteiger partial charge on any atom is -0.384 e. The molecule has 1 heterocycles. The number of hydrogen-bond acceptors (Lipinski definition) is 2. The van der Waals surface area contributed by atoms with Gasteiger partial charge in [0.2, 0.25) is 0 Å². The fourth-order valence-electron chi connectivity index (χ4n) is 2.05. The summed E-state index contributed by atoms with van der Waals surface area (Å²) in [7, 11) is 0. The van der Waals surface area contributed by atoms with Gasteiger partial charge in [-0.1, -0.05) is 32.0 Å². The van der Waals surface area contributed by atoms with E-state index in [2.05, 4.69) is 48.7 Å². The van der Waals surface area contributed by atoms with Gasteiger partial charge in [-0.2, -0.15) is 0 Å².